The molecule has 0 aromatic heterocycles. The van der Waals surface area contributed by atoms with Gasteiger partial charge in [0.2, 0.25) is 5.91 Å². The summed E-state index contributed by atoms with van der Waals surface area (Å²) in [4.78, 5) is 25.0. The number of amides is 1. The van der Waals surface area contributed by atoms with Gasteiger partial charge in [0.05, 0.1) is 18.9 Å². The molecule has 1 saturated heterocycles. The van der Waals surface area contributed by atoms with Crippen molar-refractivity contribution in [2.24, 2.45) is 11.8 Å². The van der Waals surface area contributed by atoms with Crippen LogP contribution in [0.1, 0.15) is 25.3 Å². The highest BCUT2D eigenvalue weighted by Crippen LogP contribution is 2.22. The van der Waals surface area contributed by atoms with E-state index in [1.165, 1.54) is 0 Å². The zero-order chi connectivity index (χ0) is 16.1. The van der Waals surface area contributed by atoms with Gasteiger partial charge >= 0.3 is 5.97 Å². The molecule has 2 rings (SSSR count). The third-order valence-electron chi connectivity index (χ3n) is 3.94. The van der Waals surface area contributed by atoms with Crippen LogP contribution in [0.4, 0.5) is 0 Å². The molecule has 0 bridgehead atoms. The molecular formula is C17H23NO4. The van der Waals surface area contributed by atoms with Crippen molar-refractivity contribution in [1.29, 1.82) is 0 Å². The number of carbonyl (C=O) groups excluding carboxylic acids is 1. The van der Waals surface area contributed by atoms with Crippen molar-refractivity contribution in [2.45, 2.75) is 26.7 Å². The molecule has 0 saturated carbocycles. The number of rotatable bonds is 5. The number of aryl methyl sites for hydroxylation is 1. The second kappa shape index (κ2) is 7.29. The number of hydrogen-bond acceptors (Lipinski definition) is 3. The van der Waals surface area contributed by atoms with Gasteiger partial charge in [-0.25, -0.2) is 0 Å². The smallest absolute Gasteiger partial charge is 0.308 e. The van der Waals surface area contributed by atoms with Crippen LogP contribution >= 0.6 is 0 Å². The Bertz CT molecular complexity index is 543. The van der Waals surface area contributed by atoms with Crippen molar-refractivity contribution < 1.29 is 19.4 Å². The quantitative estimate of drug-likeness (QED) is 0.906. The topological polar surface area (TPSA) is 66.8 Å². The third kappa shape index (κ3) is 4.48. The predicted octanol–water partition coefficient (Wildman–Crippen LogP) is 2.33. The third-order valence-corrected chi connectivity index (χ3v) is 3.94. The Morgan fingerprint density at radius 3 is 2.82 bits per heavy atom. The molecule has 120 valence electrons. The predicted molar refractivity (Wildman–Crippen MR) is 82.8 cm³/mol. The zero-order valence-electron chi connectivity index (χ0n) is 13.1. The van der Waals surface area contributed by atoms with E-state index in [-0.39, 0.29) is 18.2 Å². The average Bonchev–Trinajstić information content (AvgIpc) is 2.46. The number of benzene rings is 1. The molecule has 1 amide bonds. The summed E-state index contributed by atoms with van der Waals surface area (Å²) in [5.74, 6) is -0.337. The summed E-state index contributed by atoms with van der Waals surface area (Å²) in [6, 6.07) is 7.68. The second-order valence-electron chi connectivity index (χ2n) is 6.09. The number of carbonyl (C=O) groups is 2. The van der Waals surface area contributed by atoms with E-state index in [1.54, 1.807) is 4.90 Å². The second-order valence-corrected chi connectivity index (χ2v) is 6.09. The van der Waals surface area contributed by atoms with Gasteiger partial charge in [-0.1, -0.05) is 19.1 Å². The molecule has 2 atom stereocenters. The number of ether oxygens (including phenoxy) is 1. The Kier molecular flexibility index (Phi) is 5.41. The van der Waals surface area contributed by atoms with Gasteiger partial charge in [-0.05, 0) is 37.0 Å². The van der Waals surface area contributed by atoms with Crippen LogP contribution in [0.25, 0.3) is 0 Å². The van der Waals surface area contributed by atoms with Crippen LogP contribution < -0.4 is 4.74 Å². The van der Waals surface area contributed by atoms with Gasteiger partial charge in [-0.2, -0.15) is 0 Å². The van der Waals surface area contributed by atoms with Gasteiger partial charge in [0.25, 0.3) is 0 Å². The number of aliphatic carboxylic acids is 1. The van der Waals surface area contributed by atoms with Gasteiger partial charge in [-0.15, -0.1) is 0 Å². The van der Waals surface area contributed by atoms with Crippen LogP contribution in [0.2, 0.25) is 0 Å². The van der Waals surface area contributed by atoms with E-state index in [9.17, 15) is 9.59 Å². The molecule has 1 aliphatic heterocycles. The summed E-state index contributed by atoms with van der Waals surface area (Å²) in [7, 11) is 0. The molecule has 1 aromatic rings. The lowest BCUT2D eigenvalue weighted by Gasteiger charge is -2.34. The first-order valence-corrected chi connectivity index (χ1v) is 7.65. The monoisotopic (exact) mass is 305 g/mol. The zero-order valence-corrected chi connectivity index (χ0v) is 13.1. The Morgan fingerprint density at radius 2 is 2.14 bits per heavy atom. The lowest BCUT2D eigenvalue weighted by molar-refractivity contribution is -0.147. The van der Waals surface area contributed by atoms with Gasteiger partial charge in [0, 0.05) is 13.1 Å². The van der Waals surface area contributed by atoms with Crippen LogP contribution in [-0.2, 0) is 9.59 Å². The molecule has 0 aliphatic carbocycles. The number of piperidine rings is 1. The molecule has 5 heteroatoms. The molecule has 2 unspecified atom stereocenters. The van der Waals surface area contributed by atoms with Crippen LogP contribution in [0.15, 0.2) is 24.3 Å². The van der Waals surface area contributed by atoms with Crippen molar-refractivity contribution in [3.05, 3.63) is 29.8 Å². The Hall–Kier alpha value is -2.04. The summed E-state index contributed by atoms with van der Waals surface area (Å²) in [6.07, 6.45) is 0.909. The maximum absolute atomic E-state index is 12.2. The van der Waals surface area contributed by atoms with Crippen molar-refractivity contribution in [3.63, 3.8) is 0 Å². The van der Waals surface area contributed by atoms with Crippen LogP contribution in [-0.4, -0.2) is 41.6 Å². The molecular weight excluding hydrogens is 282 g/mol. The van der Waals surface area contributed by atoms with Crippen molar-refractivity contribution in [1.82, 2.24) is 4.90 Å². The molecule has 0 radical (unpaired) electrons. The van der Waals surface area contributed by atoms with E-state index >= 15 is 0 Å². The minimum absolute atomic E-state index is 0.0366. The number of carboxylic acids is 1. The van der Waals surface area contributed by atoms with Crippen LogP contribution in [0.5, 0.6) is 5.75 Å². The lowest BCUT2D eigenvalue weighted by Crippen LogP contribution is -2.45. The average molecular weight is 305 g/mol. The normalized spacial score (nSPS) is 21.5. The number of carboxylic acid groups (broad SMARTS) is 1. The summed E-state index contributed by atoms with van der Waals surface area (Å²) in [5, 5.41) is 9.14. The highest BCUT2D eigenvalue weighted by molar-refractivity contribution is 5.78. The molecule has 0 spiro atoms. The first-order chi connectivity index (χ1) is 10.5. The van der Waals surface area contributed by atoms with E-state index in [0.717, 1.165) is 11.3 Å². The number of likely N-dealkylation sites (tertiary alicyclic amines) is 1. The molecule has 1 heterocycles. The molecule has 1 aromatic carbocycles. The maximum atomic E-state index is 12.2. The fourth-order valence-corrected chi connectivity index (χ4v) is 2.85. The summed E-state index contributed by atoms with van der Waals surface area (Å²) >= 11 is 0. The summed E-state index contributed by atoms with van der Waals surface area (Å²) < 4.78 is 5.59. The van der Waals surface area contributed by atoms with Crippen LogP contribution in [0.3, 0.4) is 0 Å². The first-order valence-electron chi connectivity index (χ1n) is 7.65. The molecule has 5 nitrogen and oxygen atoms in total. The highest BCUT2D eigenvalue weighted by atomic mass is 16.5. The summed E-state index contributed by atoms with van der Waals surface area (Å²) in [6.45, 7) is 5.22. The maximum Gasteiger partial charge on any atom is 0.308 e. The molecule has 1 aliphatic rings. The van der Waals surface area contributed by atoms with E-state index in [0.29, 0.717) is 26.1 Å². The van der Waals surface area contributed by atoms with Crippen molar-refractivity contribution >= 4 is 11.9 Å². The van der Waals surface area contributed by atoms with Gasteiger partial charge < -0.3 is 14.7 Å². The number of nitrogens with zero attached hydrogens (tertiary/aromatic N) is 1. The van der Waals surface area contributed by atoms with E-state index < -0.39 is 11.9 Å². The largest absolute Gasteiger partial charge is 0.493 e. The van der Waals surface area contributed by atoms with E-state index in [2.05, 4.69) is 0 Å². The van der Waals surface area contributed by atoms with Gasteiger partial charge in [-0.3, -0.25) is 9.59 Å². The van der Waals surface area contributed by atoms with Crippen molar-refractivity contribution in [2.75, 3.05) is 19.7 Å². The van der Waals surface area contributed by atoms with E-state index in [1.807, 2.05) is 38.1 Å². The minimum atomic E-state index is -0.819. The number of hydrogen-bond donors (Lipinski definition) is 1. The lowest BCUT2D eigenvalue weighted by atomic mass is 9.90. The molecule has 22 heavy (non-hydrogen) atoms. The molecule has 1 fully saturated rings. The van der Waals surface area contributed by atoms with E-state index in [4.69, 9.17) is 9.84 Å². The highest BCUT2D eigenvalue weighted by Gasteiger charge is 2.31. The van der Waals surface area contributed by atoms with Crippen molar-refractivity contribution in [3.8, 4) is 5.75 Å². The van der Waals surface area contributed by atoms with Crippen LogP contribution in [0, 0.1) is 18.8 Å². The fraction of sp³-hybridized carbons (Fsp3) is 0.529. The van der Waals surface area contributed by atoms with Gasteiger partial charge in [0.1, 0.15) is 5.75 Å². The SMILES string of the molecule is Cc1cccc(OCCC(=O)N2CC(C)CC(C(=O)O)C2)c1. The Morgan fingerprint density at radius 1 is 1.36 bits per heavy atom. The molecule has 1 N–H and O–H groups in total. The Balaban J connectivity index is 1.82. The standard InChI is InChI=1S/C17H23NO4/c1-12-4-3-5-15(9-12)22-7-6-16(19)18-10-13(2)8-14(11-18)17(20)21/h3-5,9,13-14H,6-8,10-11H2,1-2H3,(H,20,21). The summed E-state index contributed by atoms with van der Waals surface area (Å²) in [5.41, 5.74) is 1.11. The minimum Gasteiger partial charge on any atom is -0.493 e. The Labute approximate surface area is 130 Å². The first kappa shape index (κ1) is 16.3. The van der Waals surface area contributed by atoms with Gasteiger partial charge in [0.15, 0.2) is 0 Å². The fourth-order valence-electron chi connectivity index (χ4n) is 2.85.